The summed E-state index contributed by atoms with van der Waals surface area (Å²) in [6.07, 6.45) is 0. The number of carbonyl (C=O) groups excluding carboxylic acids is 2. The van der Waals surface area contributed by atoms with E-state index in [1.54, 1.807) is 60.7 Å². The smallest absolute Gasteiger partial charge is 0.255 e. The maximum atomic E-state index is 13.0. The predicted octanol–water partition coefficient (Wildman–Crippen LogP) is 6.00. The minimum atomic E-state index is -0.357. The number of benzene rings is 4. The molecule has 0 fully saturated rings. The second-order valence-corrected chi connectivity index (χ2v) is 7.47. The predicted molar refractivity (Wildman–Crippen MR) is 135 cm³/mol. The van der Waals surface area contributed by atoms with Gasteiger partial charge in [-0.15, -0.1) is 0 Å². The van der Waals surface area contributed by atoms with Crippen LogP contribution in [0.1, 0.15) is 20.7 Å². The third-order valence-electron chi connectivity index (χ3n) is 5.13. The fourth-order valence-electron chi connectivity index (χ4n) is 3.40. The van der Waals surface area contributed by atoms with Crippen molar-refractivity contribution in [1.82, 2.24) is 0 Å². The van der Waals surface area contributed by atoms with Crippen molar-refractivity contribution < 1.29 is 23.8 Å². The summed E-state index contributed by atoms with van der Waals surface area (Å²) < 4.78 is 16.7. The highest BCUT2D eigenvalue weighted by atomic mass is 16.5. The SMILES string of the molecule is COc1cc(NC(=O)c2cccc(Oc3ccccc3)c2)c(OC)cc1NC(=O)c1ccccc1. The van der Waals surface area contributed by atoms with Crippen molar-refractivity contribution in [3.63, 3.8) is 0 Å². The van der Waals surface area contributed by atoms with Gasteiger partial charge >= 0.3 is 0 Å². The Morgan fingerprint density at radius 1 is 0.571 bits per heavy atom. The maximum Gasteiger partial charge on any atom is 0.255 e. The molecule has 0 aliphatic carbocycles. The fraction of sp³-hybridized carbons (Fsp3) is 0.0714. The van der Waals surface area contributed by atoms with Gasteiger partial charge in [0.05, 0.1) is 25.6 Å². The molecule has 7 nitrogen and oxygen atoms in total. The first-order chi connectivity index (χ1) is 17.1. The van der Waals surface area contributed by atoms with Gasteiger partial charge < -0.3 is 24.8 Å². The van der Waals surface area contributed by atoms with Gasteiger partial charge in [-0.1, -0.05) is 42.5 Å². The van der Waals surface area contributed by atoms with Crippen LogP contribution in [-0.2, 0) is 0 Å². The highest BCUT2D eigenvalue weighted by Crippen LogP contribution is 2.37. The molecule has 0 aliphatic rings. The number of anilines is 2. The molecule has 0 bridgehead atoms. The molecule has 0 saturated heterocycles. The van der Waals surface area contributed by atoms with Crippen LogP contribution in [0.25, 0.3) is 0 Å². The first-order valence-electron chi connectivity index (χ1n) is 10.8. The van der Waals surface area contributed by atoms with E-state index in [2.05, 4.69) is 10.6 Å². The second-order valence-electron chi connectivity index (χ2n) is 7.47. The van der Waals surface area contributed by atoms with Crippen molar-refractivity contribution in [2.75, 3.05) is 24.9 Å². The van der Waals surface area contributed by atoms with E-state index in [-0.39, 0.29) is 11.8 Å². The third-order valence-corrected chi connectivity index (χ3v) is 5.13. The zero-order chi connectivity index (χ0) is 24.6. The average Bonchev–Trinajstić information content (AvgIpc) is 2.90. The maximum absolute atomic E-state index is 13.0. The molecule has 0 atom stereocenters. The summed E-state index contributed by atoms with van der Waals surface area (Å²) in [5.74, 6) is 1.28. The standard InChI is InChI=1S/C28H24N2O5/c1-33-25-18-24(26(34-2)17-23(25)29-27(31)19-10-5-3-6-11-19)30-28(32)20-12-9-15-22(16-20)35-21-13-7-4-8-14-21/h3-18H,1-2H3,(H,29,31)(H,30,32). The third kappa shape index (κ3) is 5.78. The first-order valence-corrected chi connectivity index (χ1v) is 10.8. The molecule has 0 heterocycles. The van der Waals surface area contributed by atoms with Crippen molar-refractivity contribution in [3.05, 3.63) is 108 Å². The molecule has 0 aliphatic heterocycles. The molecule has 2 N–H and O–H groups in total. The minimum absolute atomic E-state index is 0.294. The Kier molecular flexibility index (Phi) is 7.28. The Hall–Kier alpha value is -4.78. The van der Waals surface area contributed by atoms with Crippen LogP contribution < -0.4 is 24.8 Å². The first kappa shape index (κ1) is 23.4. The van der Waals surface area contributed by atoms with E-state index in [9.17, 15) is 9.59 Å². The summed E-state index contributed by atoms with van der Waals surface area (Å²) in [5.41, 5.74) is 1.71. The number of rotatable bonds is 8. The Bertz CT molecular complexity index is 1320. The van der Waals surface area contributed by atoms with E-state index in [4.69, 9.17) is 14.2 Å². The van der Waals surface area contributed by atoms with Gasteiger partial charge in [-0.2, -0.15) is 0 Å². The van der Waals surface area contributed by atoms with E-state index >= 15 is 0 Å². The largest absolute Gasteiger partial charge is 0.494 e. The quantitative estimate of drug-likeness (QED) is 0.331. The molecule has 0 aromatic heterocycles. The van der Waals surface area contributed by atoms with E-state index < -0.39 is 0 Å². The minimum Gasteiger partial charge on any atom is -0.494 e. The van der Waals surface area contributed by atoms with Crippen molar-refractivity contribution in [1.29, 1.82) is 0 Å². The molecule has 35 heavy (non-hydrogen) atoms. The summed E-state index contributed by atoms with van der Waals surface area (Å²) >= 11 is 0. The molecular formula is C28H24N2O5. The zero-order valence-corrected chi connectivity index (χ0v) is 19.3. The molecule has 4 rings (SSSR count). The topological polar surface area (TPSA) is 85.9 Å². The van der Waals surface area contributed by atoms with Crippen molar-refractivity contribution >= 4 is 23.2 Å². The van der Waals surface area contributed by atoms with Crippen molar-refractivity contribution in [2.24, 2.45) is 0 Å². The highest BCUT2D eigenvalue weighted by Gasteiger charge is 2.17. The van der Waals surface area contributed by atoms with Gasteiger partial charge in [-0.05, 0) is 42.5 Å². The number of hydrogen-bond acceptors (Lipinski definition) is 5. The normalized spacial score (nSPS) is 10.2. The molecule has 0 saturated carbocycles. The van der Waals surface area contributed by atoms with E-state index in [0.717, 1.165) is 0 Å². The Morgan fingerprint density at radius 3 is 1.63 bits per heavy atom. The van der Waals surface area contributed by atoms with Gasteiger partial charge in [0.1, 0.15) is 23.0 Å². The van der Waals surface area contributed by atoms with Crippen LogP contribution in [0.4, 0.5) is 11.4 Å². The molecule has 4 aromatic carbocycles. The van der Waals surface area contributed by atoms with E-state index in [1.807, 2.05) is 36.4 Å². The number of ether oxygens (including phenoxy) is 3. The summed E-state index contributed by atoms with van der Waals surface area (Å²) in [6.45, 7) is 0. The van der Waals surface area contributed by atoms with Crippen molar-refractivity contribution in [3.8, 4) is 23.0 Å². The van der Waals surface area contributed by atoms with Gasteiger partial charge in [0.2, 0.25) is 0 Å². The van der Waals surface area contributed by atoms with Crippen molar-refractivity contribution in [2.45, 2.75) is 0 Å². The second kappa shape index (κ2) is 10.9. The van der Waals surface area contributed by atoms with Crippen LogP contribution in [-0.4, -0.2) is 26.0 Å². The van der Waals surface area contributed by atoms with E-state index in [0.29, 0.717) is 45.5 Å². The molecular weight excluding hydrogens is 444 g/mol. The van der Waals surface area contributed by atoms with Crippen LogP contribution in [0.3, 0.4) is 0 Å². The Labute approximate surface area is 203 Å². The lowest BCUT2D eigenvalue weighted by atomic mass is 10.1. The summed E-state index contributed by atoms with van der Waals surface area (Å²) in [7, 11) is 2.96. The van der Waals surface area contributed by atoms with Gasteiger partial charge in [-0.25, -0.2) is 0 Å². The number of hydrogen-bond donors (Lipinski definition) is 2. The highest BCUT2D eigenvalue weighted by molar-refractivity contribution is 6.07. The monoisotopic (exact) mass is 468 g/mol. The number of carbonyl (C=O) groups is 2. The molecule has 0 radical (unpaired) electrons. The molecule has 2 amide bonds. The number of methoxy groups -OCH3 is 2. The van der Waals surface area contributed by atoms with Gasteiger partial charge in [-0.3, -0.25) is 9.59 Å². The van der Waals surface area contributed by atoms with Gasteiger partial charge in [0.25, 0.3) is 11.8 Å². The molecule has 4 aromatic rings. The molecule has 0 spiro atoms. The molecule has 176 valence electrons. The lowest BCUT2D eigenvalue weighted by Gasteiger charge is -2.16. The van der Waals surface area contributed by atoms with Crippen LogP contribution in [0.15, 0.2) is 97.1 Å². The lowest BCUT2D eigenvalue weighted by molar-refractivity contribution is 0.101. The number of nitrogens with one attached hydrogen (secondary N) is 2. The zero-order valence-electron chi connectivity index (χ0n) is 19.3. The van der Waals surface area contributed by atoms with Crippen LogP contribution >= 0.6 is 0 Å². The van der Waals surface area contributed by atoms with Crippen LogP contribution in [0.2, 0.25) is 0 Å². The average molecular weight is 469 g/mol. The lowest BCUT2D eigenvalue weighted by Crippen LogP contribution is -2.15. The fourth-order valence-corrected chi connectivity index (χ4v) is 3.40. The van der Waals surface area contributed by atoms with Crippen LogP contribution in [0.5, 0.6) is 23.0 Å². The molecule has 7 heteroatoms. The molecule has 0 unspecified atom stereocenters. The van der Waals surface area contributed by atoms with Crippen LogP contribution in [0, 0.1) is 0 Å². The summed E-state index contributed by atoms with van der Waals surface area (Å²) in [5, 5.41) is 5.67. The van der Waals surface area contributed by atoms with Gasteiger partial charge in [0, 0.05) is 23.3 Å². The van der Waals surface area contributed by atoms with E-state index in [1.165, 1.54) is 14.2 Å². The summed E-state index contributed by atoms with van der Waals surface area (Å²) in [4.78, 5) is 25.6. The number of para-hydroxylation sites is 1. The Morgan fingerprint density at radius 2 is 1.06 bits per heavy atom. The Balaban J connectivity index is 1.54. The van der Waals surface area contributed by atoms with Gasteiger partial charge in [0.15, 0.2) is 0 Å². The summed E-state index contributed by atoms with van der Waals surface area (Å²) in [6, 6.07) is 28.2. The number of amides is 2.